The zero-order valence-electron chi connectivity index (χ0n) is 15.8. The number of pyridine rings is 1. The number of esters is 1. The highest BCUT2D eigenvalue weighted by atomic mass is 16.5. The van der Waals surface area contributed by atoms with E-state index in [0.717, 1.165) is 47.0 Å². The summed E-state index contributed by atoms with van der Waals surface area (Å²) in [6.07, 6.45) is 2.67. The van der Waals surface area contributed by atoms with Crippen LogP contribution in [0.4, 0.5) is 0 Å². The highest BCUT2D eigenvalue weighted by Gasteiger charge is 2.25. The summed E-state index contributed by atoms with van der Waals surface area (Å²) < 4.78 is 5.38. The monoisotopic (exact) mass is 374 g/mol. The quantitative estimate of drug-likeness (QED) is 0.691. The highest BCUT2D eigenvalue weighted by Crippen LogP contribution is 2.30. The van der Waals surface area contributed by atoms with E-state index in [0.29, 0.717) is 5.56 Å². The topological polar surface area (TPSA) is 68.3 Å². The van der Waals surface area contributed by atoms with Gasteiger partial charge < -0.3 is 10.1 Å². The van der Waals surface area contributed by atoms with Crippen LogP contribution in [0.15, 0.2) is 54.6 Å². The van der Waals surface area contributed by atoms with E-state index in [2.05, 4.69) is 10.3 Å². The fourth-order valence-corrected chi connectivity index (χ4v) is 3.76. The molecule has 1 N–H and O–H groups in total. The Bertz CT molecular complexity index is 1030. The zero-order chi connectivity index (χ0) is 19.5. The van der Waals surface area contributed by atoms with Gasteiger partial charge in [0, 0.05) is 11.1 Å². The van der Waals surface area contributed by atoms with Gasteiger partial charge in [0.2, 0.25) is 0 Å². The van der Waals surface area contributed by atoms with Gasteiger partial charge in [-0.3, -0.25) is 9.78 Å². The van der Waals surface area contributed by atoms with E-state index in [9.17, 15) is 9.59 Å². The predicted molar refractivity (Wildman–Crippen MR) is 107 cm³/mol. The van der Waals surface area contributed by atoms with Gasteiger partial charge in [-0.15, -0.1) is 0 Å². The molecule has 1 atom stereocenters. The van der Waals surface area contributed by atoms with Gasteiger partial charge in [0.05, 0.1) is 17.1 Å². The summed E-state index contributed by atoms with van der Waals surface area (Å²) in [4.78, 5) is 29.8. The maximum Gasteiger partial charge on any atom is 0.339 e. The second kappa shape index (κ2) is 7.80. The Kier molecular flexibility index (Phi) is 5.06. The number of aromatic nitrogens is 1. The smallest absolute Gasteiger partial charge is 0.339 e. The standard InChI is InChI=1S/C23H22N2O3/c1-15(16-8-3-2-4-9-16)24-21(26)14-28-23(27)22-17-10-5-6-12-19(17)25-20-13-7-11-18(20)22/h2-6,8-10,12,15H,7,11,13-14H2,1H3,(H,24,26)/t15-/m1/s1. The number of carbonyl (C=O) groups is 2. The number of para-hydroxylation sites is 1. The lowest BCUT2D eigenvalue weighted by atomic mass is 10.0. The first-order valence-electron chi connectivity index (χ1n) is 9.55. The van der Waals surface area contributed by atoms with Crippen molar-refractivity contribution < 1.29 is 14.3 Å². The van der Waals surface area contributed by atoms with Crippen LogP contribution in [-0.2, 0) is 22.4 Å². The molecule has 0 aliphatic heterocycles. The van der Waals surface area contributed by atoms with Gasteiger partial charge in [0.25, 0.3) is 5.91 Å². The molecule has 1 aromatic heterocycles. The molecule has 1 aliphatic carbocycles. The van der Waals surface area contributed by atoms with Crippen LogP contribution in [0.1, 0.15) is 46.6 Å². The summed E-state index contributed by atoms with van der Waals surface area (Å²) >= 11 is 0. The molecule has 1 heterocycles. The Balaban J connectivity index is 1.48. The van der Waals surface area contributed by atoms with Crippen molar-refractivity contribution in [1.82, 2.24) is 10.3 Å². The van der Waals surface area contributed by atoms with Crippen LogP contribution >= 0.6 is 0 Å². The average Bonchev–Trinajstić information content (AvgIpc) is 3.18. The molecule has 0 saturated carbocycles. The molecule has 4 rings (SSSR count). The molecular weight excluding hydrogens is 352 g/mol. The van der Waals surface area contributed by atoms with E-state index in [1.165, 1.54) is 0 Å². The third-order valence-electron chi connectivity index (χ3n) is 5.13. The normalized spacial score (nSPS) is 13.8. The second-order valence-electron chi connectivity index (χ2n) is 7.06. The molecule has 5 nitrogen and oxygen atoms in total. The van der Waals surface area contributed by atoms with Gasteiger partial charge in [-0.2, -0.15) is 0 Å². The van der Waals surface area contributed by atoms with Gasteiger partial charge >= 0.3 is 5.97 Å². The molecule has 0 saturated heterocycles. The Hall–Kier alpha value is -3.21. The lowest BCUT2D eigenvalue weighted by Gasteiger charge is -2.15. The number of nitrogens with zero attached hydrogens (tertiary/aromatic N) is 1. The molecule has 142 valence electrons. The summed E-state index contributed by atoms with van der Waals surface area (Å²) in [5.74, 6) is -0.779. The number of hydrogen-bond donors (Lipinski definition) is 1. The van der Waals surface area contributed by atoms with E-state index in [-0.39, 0.29) is 18.6 Å². The number of aryl methyl sites for hydroxylation is 1. The van der Waals surface area contributed by atoms with E-state index in [4.69, 9.17) is 4.74 Å². The van der Waals surface area contributed by atoms with Gasteiger partial charge in [-0.1, -0.05) is 48.5 Å². The van der Waals surface area contributed by atoms with Crippen molar-refractivity contribution in [3.63, 3.8) is 0 Å². The molecule has 2 aromatic carbocycles. The van der Waals surface area contributed by atoms with Crippen molar-refractivity contribution in [1.29, 1.82) is 0 Å². The third-order valence-corrected chi connectivity index (χ3v) is 5.13. The minimum absolute atomic E-state index is 0.154. The van der Waals surface area contributed by atoms with Crippen LogP contribution in [0, 0.1) is 0 Å². The van der Waals surface area contributed by atoms with Crippen molar-refractivity contribution in [3.05, 3.63) is 77.0 Å². The van der Waals surface area contributed by atoms with E-state index in [1.807, 2.05) is 61.5 Å². The predicted octanol–water partition coefficient (Wildman–Crippen LogP) is 3.76. The van der Waals surface area contributed by atoms with E-state index < -0.39 is 5.97 Å². The highest BCUT2D eigenvalue weighted by molar-refractivity contribution is 6.05. The number of ether oxygens (including phenoxy) is 1. The molecule has 3 aromatic rings. The third kappa shape index (κ3) is 3.60. The molecule has 0 spiro atoms. The molecule has 5 heteroatoms. The van der Waals surface area contributed by atoms with Gasteiger partial charge in [-0.05, 0) is 43.4 Å². The Labute approximate surface area is 163 Å². The number of fused-ring (bicyclic) bond motifs is 2. The van der Waals surface area contributed by atoms with Crippen LogP contribution in [0.5, 0.6) is 0 Å². The molecule has 0 fully saturated rings. The van der Waals surface area contributed by atoms with Gasteiger partial charge in [0.15, 0.2) is 6.61 Å². The first kappa shape index (κ1) is 18.2. The van der Waals surface area contributed by atoms with Crippen molar-refractivity contribution in [2.45, 2.75) is 32.2 Å². The maximum absolute atomic E-state index is 12.8. The van der Waals surface area contributed by atoms with Crippen molar-refractivity contribution in [2.75, 3.05) is 6.61 Å². The molecule has 0 unspecified atom stereocenters. The van der Waals surface area contributed by atoms with E-state index in [1.54, 1.807) is 0 Å². The lowest BCUT2D eigenvalue weighted by Crippen LogP contribution is -2.31. The average molecular weight is 374 g/mol. The molecule has 0 radical (unpaired) electrons. The summed E-state index contributed by atoms with van der Waals surface area (Å²) in [5.41, 5.74) is 4.27. The van der Waals surface area contributed by atoms with Crippen LogP contribution in [0.25, 0.3) is 10.9 Å². The second-order valence-corrected chi connectivity index (χ2v) is 7.06. The van der Waals surface area contributed by atoms with E-state index >= 15 is 0 Å². The SMILES string of the molecule is C[C@@H](NC(=O)COC(=O)c1c2c(nc3ccccc13)CCC2)c1ccccc1. The van der Waals surface area contributed by atoms with Crippen LogP contribution in [0.2, 0.25) is 0 Å². The number of hydrogen-bond acceptors (Lipinski definition) is 4. The number of rotatable bonds is 5. The molecule has 1 aliphatic rings. The Morgan fingerprint density at radius 2 is 1.82 bits per heavy atom. The van der Waals surface area contributed by atoms with Crippen LogP contribution < -0.4 is 5.32 Å². The molecule has 28 heavy (non-hydrogen) atoms. The summed E-state index contributed by atoms with van der Waals surface area (Å²) in [6.45, 7) is 1.60. The van der Waals surface area contributed by atoms with Crippen LogP contribution in [-0.4, -0.2) is 23.5 Å². The Morgan fingerprint density at radius 1 is 1.07 bits per heavy atom. The van der Waals surface area contributed by atoms with Crippen molar-refractivity contribution in [2.24, 2.45) is 0 Å². The summed E-state index contributed by atoms with van der Waals surface area (Å²) in [5, 5.41) is 3.65. The fourth-order valence-electron chi connectivity index (χ4n) is 3.76. The number of amides is 1. The molecule has 0 bridgehead atoms. The van der Waals surface area contributed by atoms with Gasteiger partial charge in [0.1, 0.15) is 0 Å². The minimum atomic E-state index is -0.459. The van der Waals surface area contributed by atoms with Crippen molar-refractivity contribution in [3.8, 4) is 0 Å². The molecule has 1 amide bonds. The number of benzene rings is 2. The first-order valence-corrected chi connectivity index (χ1v) is 9.55. The Morgan fingerprint density at radius 3 is 2.64 bits per heavy atom. The maximum atomic E-state index is 12.8. The minimum Gasteiger partial charge on any atom is -0.452 e. The number of nitrogens with one attached hydrogen (secondary N) is 1. The fraction of sp³-hybridized carbons (Fsp3) is 0.261. The lowest BCUT2D eigenvalue weighted by molar-refractivity contribution is -0.124. The van der Waals surface area contributed by atoms with Crippen molar-refractivity contribution >= 4 is 22.8 Å². The van der Waals surface area contributed by atoms with Crippen LogP contribution in [0.3, 0.4) is 0 Å². The summed E-state index contributed by atoms with van der Waals surface area (Å²) in [7, 11) is 0. The number of carbonyl (C=O) groups excluding carboxylic acids is 2. The summed E-state index contributed by atoms with van der Waals surface area (Å²) in [6, 6.07) is 17.1. The molecular formula is C23H22N2O3. The zero-order valence-corrected chi connectivity index (χ0v) is 15.8. The first-order chi connectivity index (χ1) is 13.6. The largest absolute Gasteiger partial charge is 0.452 e. The van der Waals surface area contributed by atoms with Gasteiger partial charge in [-0.25, -0.2) is 4.79 Å².